The zero-order valence-electron chi connectivity index (χ0n) is 19.7. The second kappa shape index (κ2) is 10.1. The highest BCUT2D eigenvalue weighted by Crippen LogP contribution is 2.38. The van der Waals surface area contributed by atoms with Crippen LogP contribution in [-0.4, -0.2) is 37.0 Å². The molecule has 0 aliphatic carbocycles. The average molecular weight is 458 g/mol. The standard InChI is InChI=1S/C27H27N3O4/c1-18-10-8-9-13-21(18)25-22(17-30(29-25)20-11-6-5-7-12-20)27(31)28-16-19-14-23(32-2)26(34-4)24(15-19)33-3/h5-15,17H,16H2,1-4H3,(H,28,31). The molecule has 0 aliphatic rings. The number of benzene rings is 3. The highest BCUT2D eigenvalue weighted by atomic mass is 16.5. The van der Waals surface area contributed by atoms with Crippen LogP contribution in [0.3, 0.4) is 0 Å². The molecule has 7 heteroatoms. The van der Waals surface area contributed by atoms with E-state index in [1.807, 2.05) is 73.7 Å². The van der Waals surface area contributed by atoms with E-state index in [1.165, 1.54) is 0 Å². The fourth-order valence-corrected chi connectivity index (χ4v) is 3.81. The Kier molecular flexibility index (Phi) is 6.82. The number of aryl methyl sites for hydroxylation is 1. The van der Waals surface area contributed by atoms with Crippen molar-refractivity contribution in [2.45, 2.75) is 13.5 Å². The highest BCUT2D eigenvalue weighted by molar-refractivity contribution is 6.00. The third-order valence-corrected chi connectivity index (χ3v) is 5.56. The molecule has 3 aromatic carbocycles. The van der Waals surface area contributed by atoms with Crippen LogP contribution in [0.2, 0.25) is 0 Å². The number of ether oxygens (including phenoxy) is 3. The van der Waals surface area contributed by atoms with Gasteiger partial charge in [0.2, 0.25) is 5.75 Å². The van der Waals surface area contributed by atoms with Gasteiger partial charge in [0.25, 0.3) is 5.91 Å². The van der Waals surface area contributed by atoms with Gasteiger partial charge in [-0.15, -0.1) is 0 Å². The van der Waals surface area contributed by atoms with Crippen molar-refractivity contribution < 1.29 is 19.0 Å². The first kappa shape index (κ1) is 22.9. The summed E-state index contributed by atoms with van der Waals surface area (Å²) in [6.45, 7) is 2.29. The quantitative estimate of drug-likeness (QED) is 0.411. The van der Waals surface area contributed by atoms with Crippen molar-refractivity contribution in [2.75, 3.05) is 21.3 Å². The van der Waals surface area contributed by atoms with Gasteiger partial charge in [0, 0.05) is 18.3 Å². The lowest BCUT2D eigenvalue weighted by Crippen LogP contribution is -2.23. The third-order valence-electron chi connectivity index (χ3n) is 5.56. The fraction of sp³-hybridized carbons (Fsp3) is 0.185. The summed E-state index contributed by atoms with van der Waals surface area (Å²) in [5.74, 6) is 1.34. The van der Waals surface area contributed by atoms with Crippen LogP contribution in [0, 0.1) is 6.92 Å². The van der Waals surface area contributed by atoms with E-state index in [9.17, 15) is 4.79 Å². The smallest absolute Gasteiger partial charge is 0.255 e. The van der Waals surface area contributed by atoms with E-state index >= 15 is 0 Å². The number of rotatable bonds is 8. The number of aromatic nitrogens is 2. The molecule has 1 heterocycles. The number of carbonyl (C=O) groups is 1. The first-order valence-corrected chi connectivity index (χ1v) is 10.8. The number of methoxy groups -OCH3 is 3. The lowest BCUT2D eigenvalue weighted by Gasteiger charge is -2.14. The molecular formula is C27H27N3O4. The molecule has 1 N–H and O–H groups in total. The largest absolute Gasteiger partial charge is 0.493 e. The monoisotopic (exact) mass is 457 g/mol. The van der Waals surface area contributed by atoms with E-state index < -0.39 is 0 Å². The molecular weight excluding hydrogens is 430 g/mol. The molecule has 0 atom stereocenters. The summed E-state index contributed by atoms with van der Waals surface area (Å²) in [6.07, 6.45) is 1.77. The van der Waals surface area contributed by atoms with Gasteiger partial charge in [-0.3, -0.25) is 4.79 Å². The molecule has 0 spiro atoms. The van der Waals surface area contributed by atoms with Crippen LogP contribution >= 0.6 is 0 Å². The molecule has 34 heavy (non-hydrogen) atoms. The van der Waals surface area contributed by atoms with E-state index in [2.05, 4.69) is 5.32 Å². The van der Waals surface area contributed by atoms with Crippen molar-refractivity contribution in [3.8, 4) is 34.2 Å². The number of nitrogens with one attached hydrogen (secondary N) is 1. The molecule has 0 unspecified atom stereocenters. The zero-order valence-corrected chi connectivity index (χ0v) is 19.7. The number of amides is 1. The minimum absolute atomic E-state index is 0.228. The molecule has 0 saturated carbocycles. The Morgan fingerprint density at radius 1 is 0.912 bits per heavy atom. The van der Waals surface area contributed by atoms with Gasteiger partial charge >= 0.3 is 0 Å². The Balaban J connectivity index is 1.67. The summed E-state index contributed by atoms with van der Waals surface area (Å²) < 4.78 is 18.0. The topological polar surface area (TPSA) is 74.6 Å². The predicted octanol–water partition coefficient (Wildman–Crippen LogP) is 4.80. The molecule has 0 radical (unpaired) electrons. The fourth-order valence-electron chi connectivity index (χ4n) is 3.81. The van der Waals surface area contributed by atoms with Crippen LogP contribution < -0.4 is 19.5 Å². The van der Waals surface area contributed by atoms with E-state index in [-0.39, 0.29) is 12.5 Å². The maximum Gasteiger partial charge on any atom is 0.255 e. The minimum atomic E-state index is -0.228. The van der Waals surface area contributed by atoms with E-state index in [4.69, 9.17) is 19.3 Å². The SMILES string of the molecule is COc1cc(CNC(=O)c2cn(-c3ccccc3)nc2-c2ccccc2C)cc(OC)c1OC. The normalized spacial score (nSPS) is 10.6. The van der Waals surface area contributed by atoms with Gasteiger partial charge in [-0.25, -0.2) is 4.68 Å². The number of hydrogen-bond donors (Lipinski definition) is 1. The van der Waals surface area contributed by atoms with Gasteiger partial charge in [-0.1, -0.05) is 42.5 Å². The van der Waals surface area contributed by atoms with Gasteiger partial charge in [-0.05, 0) is 42.3 Å². The number of para-hydroxylation sites is 1. The van der Waals surface area contributed by atoms with E-state index in [1.54, 1.807) is 32.2 Å². The summed E-state index contributed by atoms with van der Waals surface area (Å²) in [7, 11) is 4.68. The summed E-state index contributed by atoms with van der Waals surface area (Å²) in [5.41, 5.74) is 4.77. The van der Waals surface area contributed by atoms with Gasteiger partial charge in [-0.2, -0.15) is 5.10 Å². The second-order valence-electron chi connectivity index (χ2n) is 7.70. The van der Waals surface area contributed by atoms with Gasteiger partial charge < -0.3 is 19.5 Å². The Morgan fingerprint density at radius 3 is 2.18 bits per heavy atom. The third kappa shape index (κ3) is 4.59. The number of carbonyl (C=O) groups excluding carboxylic acids is 1. The maximum absolute atomic E-state index is 13.3. The number of hydrogen-bond acceptors (Lipinski definition) is 5. The first-order valence-electron chi connectivity index (χ1n) is 10.8. The van der Waals surface area contributed by atoms with Crippen LogP contribution in [0.15, 0.2) is 72.9 Å². The number of nitrogens with zero attached hydrogens (tertiary/aromatic N) is 2. The van der Waals surface area contributed by atoms with Crippen LogP contribution in [0.4, 0.5) is 0 Å². The second-order valence-corrected chi connectivity index (χ2v) is 7.70. The van der Waals surface area contributed by atoms with Gasteiger partial charge in [0.15, 0.2) is 11.5 Å². The molecule has 0 saturated heterocycles. The van der Waals surface area contributed by atoms with Crippen LogP contribution in [-0.2, 0) is 6.54 Å². The average Bonchev–Trinajstić information content (AvgIpc) is 3.32. The van der Waals surface area contributed by atoms with Crippen molar-refractivity contribution in [2.24, 2.45) is 0 Å². The molecule has 4 rings (SSSR count). The summed E-state index contributed by atoms with van der Waals surface area (Å²) >= 11 is 0. The lowest BCUT2D eigenvalue weighted by atomic mass is 10.0. The zero-order chi connectivity index (χ0) is 24.1. The molecule has 7 nitrogen and oxygen atoms in total. The summed E-state index contributed by atoms with van der Waals surface area (Å²) in [5, 5.41) is 7.77. The molecule has 0 aliphatic heterocycles. The van der Waals surface area contributed by atoms with Gasteiger partial charge in [0.1, 0.15) is 5.69 Å². The molecule has 1 aromatic heterocycles. The molecule has 4 aromatic rings. The molecule has 0 bridgehead atoms. The Labute approximate surface area is 198 Å². The van der Waals surface area contributed by atoms with Crippen molar-refractivity contribution in [3.63, 3.8) is 0 Å². The maximum atomic E-state index is 13.3. The molecule has 174 valence electrons. The lowest BCUT2D eigenvalue weighted by molar-refractivity contribution is 0.0951. The van der Waals surface area contributed by atoms with Crippen LogP contribution in [0.5, 0.6) is 17.2 Å². The Morgan fingerprint density at radius 2 is 1.56 bits per heavy atom. The first-order chi connectivity index (χ1) is 16.5. The van der Waals surface area contributed by atoms with Crippen LogP contribution in [0.1, 0.15) is 21.5 Å². The van der Waals surface area contributed by atoms with Crippen molar-refractivity contribution in [1.29, 1.82) is 0 Å². The summed E-state index contributed by atoms with van der Waals surface area (Å²) in [4.78, 5) is 13.3. The van der Waals surface area contributed by atoms with Crippen LogP contribution in [0.25, 0.3) is 16.9 Å². The van der Waals surface area contributed by atoms with Crippen molar-refractivity contribution in [1.82, 2.24) is 15.1 Å². The molecule has 1 amide bonds. The molecule has 0 fully saturated rings. The highest BCUT2D eigenvalue weighted by Gasteiger charge is 2.20. The Hall–Kier alpha value is -4.26. The van der Waals surface area contributed by atoms with Gasteiger partial charge in [0.05, 0.1) is 32.6 Å². The van der Waals surface area contributed by atoms with Crippen molar-refractivity contribution in [3.05, 3.63) is 89.6 Å². The van der Waals surface area contributed by atoms with E-state index in [0.29, 0.717) is 28.5 Å². The van der Waals surface area contributed by atoms with E-state index in [0.717, 1.165) is 22.4 Å². The minimum Gasteiger partial charge on any atom is -0.493 e. The predicted molar refractivity (Wildman–Crippen MR) is 131 cm³/mol. The Bertz CT molecular complexity index is 1270. The van der Waals surface area contributed by atoms with Crippen molar-refractivity contribution >= 4 is 5.91 Å². The summed E-state index contributed by atoms with van der Waals surface area (Å²) in [6, 6.07) is 21.3.